The molecular formula is C49H65N8O8S+. The molecule has 0 radical (unpaired) electrons. The number of sulfonamides is 1. The smallest absolute Gasteiger partial charge is 0.324 e. The Balaban J connectivity index is 1.26. The van der Waals surface area contributed by atoms with Gasteiger partial charge in [0, 0.05) is 73.6 Å². The number of aromatic nitrogens is 2. The van der Waals surface area contributed by atoms with Crippen molar-refractivity contribution in [3.63, 3.8) is 0 Å². The van der Waals surface area contributed by atoms with Gasteiger partial charge in [-0.25, -0.2) is 13.8 Å². The number of allylic oxidation sites excluding steroid dienone is 1. The van der Waals surface area contributed by atoms with Crippen molar-refractivity contribution in [2.45, 2.75) is 104 Å². The van der Waals surface area contributed by atoms with Crippen molar-refractivity contribution in [2.75, 3.05) is 40.4 Å². The van der Waals surface area contributed by atoms with E-state index in [1.54, 1.807) is 20.2 Å². The first-order valence-corrected chi connectivity index (χ1v) is 24.4. The van der Waals surface area contributed by atoms with E-state index < -0.39 is 57.4 Å². The van der Waals surface area contributed by atoms with E-state index in [0.717, 1.165) is 55.5 Å². The fourth-order valence-electron chi connectivity index (χ4n) is 9.71. The molecule has 0 spiro atoms. The lowest BCUT2D eigenvalue weighted by Crippen LogP contribution is -2.62. The normalized spacial score (nSPS) is 21.7. The molecule has 5 heterocycles. The molecule has 6 bridgehead atoms. The monoisotopic (exact) mass is 925 g/mol. The summed E-state index contributed by atoms with van der Waals surface area (Å²) in [6, 6.07) is 14.7. The Morgan fingerprint density at radius 3 is 2.56 bits per heavy atom. The lowest BCUT2D eigenvalue weighted by atomic mass is 9.84. The molecule has 3 aliphatic heterocycles. The topological polar surface area (TPSA) is 175 Å². The second-order valence-electron chi connectivity index (χ2n) is 19.0. The number of aryl methyl sites for hydroxylation is 1. The van der Waals surface area contributed by atoms with E-state index in [-0.39, 0.29) is 44.6 Å². The molecule has 2 N–H and O–H groups in total. The summed E-state index contributed by atoms with van der Waals surface area (Å²) in [6.07, 6.45) is 4.91. The molecule has 354 valence electrons. The molecule has 0 unspecified atom stereocenters. The molecule has 3 aliphatic rings. The second kappa shape index (κ2) is 19.8. The van der Waals surface area contributed by atoms with E-state index in [1.165, 1.54) is 27.4 Å². The number of benzene rings is 2. The molecule has 2 aromatic carbocycles. The molecule has 2 aromatic heterocycles. The van der Waals surface area contributed by atoms with Gasteiger partial charge in [0.25, 0.3) is 5.91 Å². The van der Waals surface area contributed by atoms with Crippen LogP contribution in [0.15, 0.2) is 72.3 Å². The number of nitrogens with zero attached hydrogens (tertiary/aromatic N) is 6. The van der Waals surface area contributed by atoms with Gasteiger partial charge in [0.15, 0.2) is 6.04 Å². The highest BCUT2D eigenvalue weighted by molar-refractivity contribution is 7.92. The van der Waals surface area contributed by atoms with Gasteiger partial charge in [-0.05, 0) is 85.5 Å². The molecule has 4 aromatic rings. The quantitative estimate of drug-likeness (QED) is 0.105. The van der Waals surface area contributed by atoms with Crippen molar-refractivity contribution in [1.29, 1.82) is 0 Å². The van der Waals surface area contributed by atoms with E-state index in [9.17, 15) is 27.7 Å². The number of amides is 2. The highest BCUT2D eigenvalue weighted by atomic mass is 32.2. The van der Waals surface area contributed by atoms with Crippen LogP contribution in [0.25, 0.3) is 33.3 Å². The predicted molar refractivity (Wildman–Crippen MR) is 253 cm³/mol. The van der Waals surface area contributed by atoms with E-state index >= 15 is 0 Å². The number of carbonyl (C=O) groups is 3. The fourth-order valence-corrected chi connectivity index (χ4v) is 11.0. The Kier molecular flexibility index (Phi) is 14.5. The highest BCUT2D eigenvalue weighted by Gasteiger charge is 2.46. The van der Waals surface area contributed by atoms with Crippen LogP contribution in [0.2, 0.25) is 0 Å². The van der Waals surface area contributed by atoms with Gasteiger partial charge < -0.3 is 19.4 Å². The number of hydrogen-bond acceptors (Lipinski definition) is 10. The number of cyclic esters (lactones) is 1. The largest absolute Gasteiger partial charge is 0.464 e. The molecule has 0 aliphatic carbocycles. The molecule has 2 amide bonds. The molecule has 17 heteroatoms. The average Bonchev–Trinajstić information content (AvgIpc) is 3.90. The van der Waals surface area contributed by atoms with Crippen LogP contribution in [0, 0.1) is 16.2 Å². The zero-order valence-electron chi connectivity index (χ0n) is 39.6. The van der Waals surface area contributed by atoms with Crippen LogP contribution < -0.4 is 10.7 Å². The number of fused-ring (bicyclic) bond motifs is 6. The van der Waals surface area contributed by atoms with Crippen molar-refractivity contribution >= 4 is 38.7 Å². The summed E-state index contributed by atoms with van der Waals surface area (Å²) in [5.74, 6) is -1.82. The van der Waals surface area contributed by atoms with Crippen molar-refractivity contribution in [3.05, 3.63) is 94.0 Å². The Labute approximate surface area is 388 Å². The van der Waals surface area contributed by atoms with Crippen molar-refractivity contribution < 1.29 is 37.1 Å². The van der Waals surface area contributed by atoms with Crippen LogP contribution in [0.5, 0.6) is 0 Å². The Morgan fingerprint density at radius 1 is 1.08 bits per heavy atom. The van der Waals surface area contributed by atoms with Gasteiger partial charge in [0.05, 0.1) is 42.6 Å². The van der Waals surface area contributed by atoms with Gasteiger partial charge in [0.2, 0.25) is 22.0 Å². The van der Waals surface area contributed by atoms with Crippen molar-refractivity contribution in [3.8, 4) is 22.4 Å². The summed E-state index contributed by atoms with van der Waals surface area (Å²) in [6.45, 7) is 12.0. The summed E-state index contributed by atoms with van der Waals surface area (Å²) >= 11 is 0. The first kappa shape index (κ1) is 48.4. The number of hydrazine groups is 2. The number of carbonyl (C=O) groups excluding carboxylic acids is 3. The minimum atomic E-state index is -3.68. The SMILES string of the molecule is C/C=C/S(=O)(=O)N1CC[C@H]([N+](=O)N(C)[C@H](C(=O)N[C@H]2Cc3cccc(c3)-c3ccc4c(c3)c(c(-c3cccnc3[C@H](C)OC)n4C)CC(C)(C)COC(=O)[C@@H]3CCCN(N3)C2=O)C(C)C)C1. The maximum atomic E-state index is 14.7. The second-order valence-corrected chi connectivity index (χ2v) is 20.9. The van der Waals surface area contributed by atoms with Gasteiger partial charge in [0.1, 0.15) is 17.0 Å². The highest BCUT2D eigenvalue weighted by Crippen LogP contribution is 2.41. The third-order valence-electron chi connectivity index (χ3n) is 13.2. The molecule has 2 fully saturated rings. The zero-order valence-corrected chi connectivity index (χ0v) is 40.4. The van der Waals surface area contributed by atoms with Gasteiger partial charge in [-0.15, -0.1) is 5.01 Å². The standard InChI is InChI=1S/C49H64N8O8S/c1-10-24-66(62,63)55-23-20-36(29-55)57(61)54(8)44(31(2)3)46(58)51-41-26-33-14-11-15-34(25-33)35-18-19-42-38(27-35)39(45(53(42)7)37-16-12-21-50-43(37)32(4)64-9)28-49(5,6)30-65-48(60)40-17-13-22-56(52-40)47(41)59/h10-12,14-16,18-19,21,24-25,27,31-32,36,40-41,44,52H,13,17,20,22-23,26,28-30H2,1-9H3/p+1/b24-10+/t32-,36-,40-,41-,44-/m0/s1. The van der Waals surface area contributed by atoms with Crippen LogP contribution in [0.4, 0.5) is 0 Å². The lowest BCUT2D eigenvalue weighted by molar-refractivity contribution is -0.732. The molecule has 7 rings (SSSR count). The van der Waals surface area contributed by atoms with Crippen molar-refractivity contribution in [1.82, 2.24) is 34.6 Å². The number of rotatable bonds is 11. The third kappa shape index (κ3) is 10.1. The Morgan fingerprint density at radius 2 is 1.83 bits per heavy atom. The number of nitroso groups, excluding NO2 is 1. The number of hydrogen-bond donors (Lipinski definition) is 2. The van der Waals surface area contributed by atoms with E-state index in [0.29, 0.717) is 30.7 Å². The lowest BCUT2D eigenvalue weighted by Gasteiger charge is -2.36. The summed E-state index contributed by atoms with van der Waals surface area (Å²) in [5, 5.41) is 7.89. The maximum absolute atomic E-state index is 14.7. The summed E-state index contributed by atoms with van der Waals surface area (Å²) < 4.78 is 40.8. The third-order valence-corrected chi connectivity index (χ3v) is 14.8. The number of nitrogens with one attached hydrogen (secondary N) is 2. The average molecular weight is 926 g/mol. The van der Waals surface area contributed by atoms with E-state index in [1.807, 2.05) is 51.1 Å². The predicted octanol–water partition coefficient (Wildman–Crippen LogP) is 5.85. The van der Waals surface area contributed by atoms with Crippen LogP contribution in [-0.2, 0) is 53.8 Å². The summed E-state index contributed by atoms with van der Waals surface area (Å²) in [4.78, 5) is 62.4. The molecule has 66 heavy (non-hydrogen) atoms. The number of pyridine rings is 1. The Hall–Kier alpha value is -5.49. The first-order chi connectivity index (χ1) is 31.3. The van der Waals surface area contributed by atoms with Crippen LogP contribution in [-0.4, -0.2) is 120 Å². The molecule has 16 nitrogen and oxygen atoms in total. The first-order valence-electron chi connectivity index (χ1n) is 22.9. The Bertz CT molecular complexity index is 2630. The number of methoxy groups -OCH3 is 1. The van der Waals surface area contributed by atoms with Gasteiger partial charge in [-0.1, -0.05) is 64.1 Å². The zero-order chi connectivity index (χ0) is 47.7. The molecular weight excluding hydrogens is 861 g/mol. The fraction of sp³-hybridized carbons (Fsp3) is 0.510. The van der Waals surface area contributed by atoms with Crippen LogP contribution in [0.1, 0.15) is 83.7 Å². The number of likely N-dealkylation sites (N-methyl/N-ethyl adjacent to an activating group) is 1. The summed E-state index contributed by atoms with van der Waals surface area (Å²) in [7, 11) is 1.57. The molecule has 5 atom stereocenters. The maximum Gasteiger partial charge on any atom is 0.324 e. The van der Waals surface area contributed by atoms with E-state index in [4.69, 9.17) is 14.5 Å². The van der Waals surface area contributed by atoms with Crippen LogP contribution >= 0.6 is 0 Å². The minimum Gasteiger partial charge on any atom is -0.464 e. The van der Waals surface area contributed by atoms with E-state index in [2.05, 4.69) is 60.5 Å². The van der Waals surface area contributed by atoms with Crippen LogP contribution in [0.3, 0.4) is 0 Å². The minimum absolute atomic E-state index is 0.0229. The van der Waals surface area contributed by atoms with Gasteiger partial charge in [-0.3, -0.25) is 24.4 Å². The summed E-state index contributed by atoms with van der Waals surface area (Å²) in [5.41, 5.74) is 10.2. The molecule has 2 saturated heterocycles. The number of esters is 1. The van der Waals surface area contributed by atoms with Crippen molar-refractivity contribution in [2.24, 2.45) is 18.4 Å². The van der Waals surface area contributed by atoms with Gasteiger partial charge in [-0.2, -0.15) is 4.31 Å². The van der Waals surface area contributed by atoms with Gasteiger partial charge >= 0.3 is 5.97 Å². The molecule has 0 saturated carbocycles. The number of ether oxygens (including phenoxy) is 2.